The molecule has 0 aromatic heterocycles. The molecule has 1 aromatic rings. The third kappa shape index (κ3) is 2.15. The first-order valence-electron chi connectivity index (χ1n) is 6.86. The van der Waals surface area contributed by atoms with Crippen molar-refractivity contribution in [1.82, 2.24) is 5.32 Å². The summed E-state index contributed by atoms with van der Waals surface area (Å²) in [6.07, 6.45) is 4.16. The number of carbonyl (C=O) groups is 1. The van der Waals surface area contributed by atoms with Crippen molar-refractivity contribution in [1.29, 1.82) is 0 Å². The molecule has 3 heteroatoms. The number of carbonyl (C=O) groups excluding carboxylic acids is 1. The van der Waals surface area contributed by atoms with Crippen molar-refractivity contribution >= 4 is 5.78 Å². The zero-order valence-electron chi connectivity index (χ0n) is 10.6. The molecule has 18 heavy (non-hydrogen) atoms. The normalized spacial score (nSPS) is 23.0. The maximum atomic E-state index is 12.6. The Morgan fingerprint density at radius 1 is 1.33 bits per heavy atom. The summed E-state index contributed by atoms with van der Waals surface area (Å²) in [4.78, 5) is 12.6. The molecule has 1 N–H and O–H groups in total. The molecule has 0 aliphatic carbocycles. The second-order valence-electron chi connectivity index (χ2n) is 5.15. The van der Waals surface area contributed by atoms with Crippen LogP contribution in [0.5, 0.6) is 5.75 Å². The van der Waals surface area contributed by atoms with Gasteiger partial charge in [-0.1, -0.05) is 12.1 Å². The lowest BCUT2D eigenvalue weighted by Crippen LogP contribution is -2.34. The van der Waals surface area contributed by atoms with Crippen molar-refractivity contribution in [3.8, 4) is 5.75 Å². The summed E-state index contributed by atoms with van der Waals surface area (Å²) < 4.78 is 5.73. The summed E-state index contributed by atoms with van der Waals surface area (Å²) in [6.45, 7) is 2.58. The average Bonchev–Trinajstić information content (AvgIpc) is 2.47. The van der Waals surface area contributed by atoms with Gasteiger partial charge in [0.1, 0.15) is 5.75 Å². The van der Waals surface area contributed by atoms with E-state index in [1.54, 1.807) is 0 Å². The van der Waals surface area contributed by atoms with Crippen LogP contribution in [0, 0.1) is 5.92 Å². The van der Waals surface area contributed by atoms with Crippen molar-refractivity contribution in [3.63, 3.8) is 0 Å². The monoisotopic (exact) mass is 245 g/mol. The Morgan fingerprint density at radius 3 is 3.11 bits per heavy atom. The smallest absolute Gasteiger partial charge is 0.170 e. The number of hydrogen-bond acceptors (Lipinski definition) is 3. The highest BCUT2D eigenvalue weighted by Gasteiger charge is 2.26. The van der Waals surface area contributed by atoms with E-state index < -0.39 is 0 Å². The molecule has 1 fully saturated rings. The number of ether oxygens (including phenoxy) is 1. The summed E-state index contributed by atoms with van der Waals surface area (Å²) in [5.74, 6) is 1.22. The number of nitrogens with one attached hydrogen (secondary N) is 1. The van der Waals surface area contributed by atoms with Crippen molar-refractivity contribution in [2.75, 3.05) is 19.7 Å². The van der Waals surface area contributed by atoms with Crippen LogP contribution in [0.15, 0.2) is 18.2 Å². The Kier molecular flexibility index (Phi) is 3.33. The van der Waals surface area contributed by atoms with E-state index >= 15 is 0 Å². The van der Waals surface area contributed by atoms with Crippen molar-refractivity contribution in [2.24, 2.45) is 5.92 Å². The fourth-order valence-electron chi connectivity index (χ4n) is 2.88. The van der Waals surface area contributed by atoms with Crippen molar-refractivity contribution in [2.45, 2.75) is 25.7 Å². The number of benzene rings is 1. The Morgan fingerprint density at radius 2 is 2.28 bits per heavy atom. The van der Waals surface area contributed by atoms with Crippen LogP contribution in [0.25, 0.3) is 0 Å². The predicted molar refractivity (Wildman–Crippen MR) is 70.2 cm³/mol. The summed E-state index contributed by atoms with van der Waals surface area (Å²) >= 11 is 0. The van der Waals surface area contributed by atoms with E-state index in [0.29, 0.717) is 0 Å². The number of hydrogen-bond donors (Lipinski definition) is 1. The van der Waals surface area contributed by atoms with Crippen molar-refractivity contribution < 1.29 is 9.53 Å². The highest BCUT2D eigenvalue weighted by atomic mass is 16.5. The summed E-state index contributed by atoms with van der Waals surface area (Å²) in [6, 6.07) is 5.97. The van der Waals surface area contributed by atoms with Gasteiger partial charge in [-0.25, -0.2) is 0 Å². The molecule has 0 amide bonds. The number of rotatable bonds is 2. The minimum Gasteiger partial charge on any atom is -0.493 e. The summed E-state index contributed by atoms with van der Waals surface area (Å²) in [7, 11) is 0. The second kappa shape index (κ2) is 5.11. The van der Waals surface area contributed by atoms with Gasteiger partial charge in [0, 0.05) is 12.5 Å². The molecule has 1 saturated heterocycles. The molecule has 96 valence electrons. The molecule has 1 unspecified atom stereocenters. The van der Waals surface area contributed by atoms with E-state index in [4.69, 9.17) is 4.74 Å². The molecule has 0 radical (unpaired) electrons. The molecule has 1 atom stereocenters. The van der Waals surface area contributed by atoms with Gasteiger partial charge in [-0.05, 0) is 43.9 Å². The second-order valence-corrected chi connectivity index (χ2v) is 5.15. The van der Waals surface area contributed by atoms with Gasteiger partial charge in [-0.2, -0.15) is 0 Å². The lowest BCUT2D eigenvalue weighted by Gasteiger charge is -2.24. The highest BCUT2D eigenvalue weighted by Crippen LogP contribution is 2.31. The molecule has 0 bridgehead atoms. The van der Waals surface area contributed by atoms with E-state index in [-0.39, 0.29) is 11.7 Å². The lowest BCUT2D eigenvalue weighted by atomic mass is 9.89. The van der Waals surface area contributed by atoms with Crippen LogP contribution >= 0.6 is 0 Å². The molecular formula is C15H19NO2. The number of piperidine rings is 1. The van der Waals surface area contributed by atoms with E-state index in [1.807, 2.05) is 12.1 Å². The molecule has 1 aromatic carbocycles. The molecule has 2 heterocycles. The molecule has 2 aliphatic heterocycles. The van der Waals surface area contributed by atoms with Crippen LogP contribution < -0.4 is 10.1 Å². The first kappa shape index (κ1) is 11.7. The van der Waals surface area contributed by atoms with E-state index in [1.165, 1.54) is 5.56 Å². The predicted octanol–water partition coefficient (Wildman–Crippen LogP) is 2.19. The van der Waals surface area contributed by atoms with E-state index in [9.17, 15) is 4.79 Å². The number of aryl methyl sites for hydroxylation is 1. The molecule has 0 saturated carbocycles. The highest BCUT2D eigenvalue weighted by molar-refractivity contribution is 6.01. The van der Waals surface area contributed by atoms with Crippen LogP contribution in [0.3, 0.4) is 0 Å². The fourth-order valence-corrected chi connectivity index (χ4v) is 2.88. The SMILES string of the molecule is O=C(c1cccc2c1OCCC2)C1CCCNC1. The van der Waals surface area contributed by atoms with Crippen LogP contribution in [0.1, 0.15) is 35.2 Å². The molecule has 3 rings (SSSR count). The van der Waals surface area contributed by atoms with Gasteiger partial charge in [0.15, 0.2) is 5.78 Å². The van der Waals surface area contributed by atoms with Gasteiger partial charge < -0.3 is 10.1 Å². The third-order valence-electron chi connectivity index (χ3n) is 3.87. The first-order valence-corrected chi connectivity index (χ1v) is 6.86. The Bertz CT molecular complexity index is 450. The minimum absolute atomic E-state index is 0.121. The molecular weight excluding hydrogens is 226 g/mol. The number of fused-ring (bicyclic) bond motifs is 1. The largest absolute Gasteiger partial charge is 0.493 e. The van der Waals surface area contributed by atoms with Crippen LogP contribution in [-0.4, -0.2) is 25.5 Å². The van der Waals surface area contributed by atoms with Crippen LogP contribution in [0.4, 0.5) is 0 Å². The number of para-hydroxylation sites is 1. The molecule has 0 spiro atoms. The summed E-state index contributed by atoms with van der Waals surface area (Å²) in [5, 5.41) is 3.30. The van der Waals surface area contributed by atoms with Crippen LogP contribution in [0.2, 0.25) is 0 Å². The Labute approximate surface area is 108 Å². The maximum Gasteiger partial charge on any atom is 0.170 e. The quantitative estimate of drug-likeness (QED) is 0.812. The fraction of sp³-hybridized carbons (Fsp3) is 0.533. The van der Waals surface area contributed by atoms with E-state index in [2.05, 4.69) is 11.4 Å². The van der Waals surface area contributed by atoms with Gasteiger partial charge in [-0.3, -0.25) is 4.79 Å². The number of ketones is 1. The topological polar surface area (TPSA) is 38.3 Å². The van der Waals surface area contributed by atoms with Gasteiger partial charge in [0.05, 0.1) is 12.2 Å². The molecule has 3 nitrogen and oxygen atoms in total. The van der Waals surface area contributed by atoms with E-state index in [0.717, 1.165) is 56.7 Å². The first-order chi connectivity index (χ1) is 8.86. The van der Waals surface area contributed by atoms with Gasteiger partial charge >= 0.3 is 0 Å². The Hall–Kier alpha value is -1.35. The van der Waals surface area contributed by atoms with Crippen molar-refractivity contribution in [3.05, 3.63) is 29.3 Å². The molecule has 2 aliphatic rings. The number of Topliss-reactive ketones (excluding diaryl/α,β-unsaturated/α-hetero) is 1. The third-order valence-corrected chi connectivity index (χ3v) is 3.87. The average molecular weight is 245 g/mol. The summed E-state index contributed by atoms with van der Waals surface area (Å²) in [5.41, 5.74) is 1.98. The van der Waals surface area contributed by atoms with Gasteiger partial charge in [-0.15, -0.1) is 0 Å². The standard InChI is InChI=1S/C15H19NO2/c17-14(12-5-2-8-16-10-12)13-7-1-4-11-6-3-9-18-15(11)13/h1,4,7,12,16H,2-3,5-6,8-10H2. The zero-order valence-corrected chi connectivity index (χ0v) is 10.6. The maximum absolute atomic E-state index is 12.6. The lowest BCUT2D eigenvalue weighted by molar-refractivity contribution is 0.0894. The van der Waals surface area contributed by atoms with Crippen LogP contribution in [-0.2, 0) is 6.42 Å². The van der Waals surface area contributed by atoms with Gasteiger partial charge in [0.25, 0.3) is 0 Å². The Balaban J connectivity index is 1.89. The van der Waals surface area contributed by atoms with Gasteiger partial charge in [0.2, 0.25) is 0 Å². The zero-order chi connectivity index (χ0) is 12.4. The minimum atomic E-state index is 0.121.